The number of hydrogen-bond donors (Lipinski definition) is 0. The molecule has 0 unspecified atom stereocenters. The predicted molar refractivity (Wildman–Crippen MR) is 99.0 cm³/mol. The Morgan fingerprint density at radius 1 is 1.07 bits per heavy atom. The number of likely N-dealkylation sites (N-methyl/N-ethyl adjacent to an activating group) is 1. The van der Waals surface area contributed by atoms with Gasteiger partial charge in [0, 0.05) is 7.05 Å². The Labute approximate surface area is 159 Å². The predicted octanol–water partition coefficient (Wildman–Crippen LogP) is 2.18. The van der Waals surface area contributed by atoms with E-state index in [-0.39, 0.29) is 18.7 Å². The summed E-state index contributed by atoms with van der Waals surface area (Å²) in [6.45, 7) is 1.96. The highest BCUT2D eigenvalue weighted by atomic mass is 16.6. The SMILES string of the molecule is CN(C=CC=C(C#N)C#N)CC(=O)OCCOCCOCc1ccccc1. The van der Waals surface area contributed by atoms with Gasteiger partial charge in [-0.25, -0.2) is 0 Å². The first kappa shape index (κ1) is 21.9. The Morgan fingerprint density at radius 2 is 1.74 bits per heavy atom. The zero-order valence-corrected chi connectivity index (χ0v) is 15.3. The number of carbonyl (C=O) groups excluding carboxylic acids is 1. The van der Waals surface area contributed by atoms with E-state index >= 15 is 0 Å². The van der Waals surface area contributed by atoms with Crippen LogP contribution in [-0.2, 0) is 25.6 Å². The van der Waals surface area contributed by atoms with Gasteiger partial charge in [0.25, 0.3) is 0 Å². The molecule has 1 aromatic rings. The summed E-state index contributed by atoms with van der Waals surface area (Å²) < 4.78 is 15.9. The van der Waals surface area contributed by atoms with Gasteiger partial charge in [-0.05, 0) is 23.9 Å². The van der Waals surface area contributed by atoms with E-state index < -0.39 is 5.97 Å². The van der Waals surface area contributed by atoms with Crippen LogP contribution in [0.4, 0.5) is 0 Å². The molecule has 0 radical (unpaired) electrons. The molecule has 1 rings (SSSR count). The Bertz CT molecular complexity index is 686. The monoisotopic (exact) mass is 369 g/mol. The van der Waals surface area contributed by atoms with Crippen LogP contribution < -0.4 is 0 Å². The van der Waals surface area contributed by atoms with Crippen LogP contribution in [0.15, 0.2) is 54.3 Å². The number of nitrogens with zero attached hydrogens (tertiary/aromatic N) is 3. The van der Waals surface area contributed by atoms with Crippen molar-refractivity contribution in [1.82, 2.24) is 4.90 Å². The van der Waals surface area contributed by atoms with Crippen molar-refractivity contribution in [3.05, 3.63) is 59.8 Å². The van der Waals surface area contributed by atoms with Gasteiger partial charge in [0.2, 0.25) is 0 Å². The first-order valence-electron chi connectivity index (χ1n) is 8.39. The van der Waals surface area contributed by atoms with E-state index in [9.17, 15) is 4.79 Å². The van der Waals surface area contributed by atoms with Crippen LogP contribution in [-0.4, -0.2) is 50.9 Å². The Kier molecular flexibility index (Phi) is 11.4. The number of carbonyl (C=O) groups is 1. The minimum atomic E-state index is -0.393. The molecule has 0 aliphatic carbocycles. The number of rotatable bonds is 12. The Hall–Kier alpha value is -3.13. The van der Waals surface area contributed by atoms with Crippen molar-refractivity contribution >= 4 is 5.97 Å². The van der Waals surface area contributed by atoms with Crippen molar-refractivity contribution < 1.29 is 19.0 Å². The van der Waals surface area contributed by atoms with E-state index in [0.717, 1.165) is 5.56 Å². The summed E-state index contributed by atoms with van der Waals surface area (Å²) >= 11 is 0. The fourth-order valence-electron chi connectivity index (χ4n) is 1.89. The second-order valence-corrected chi connectivity index (χ2v) is 5.43. The molecule has 0 fully saturated rings. The van der Waals surface area contributed by atoms with Crippen LogP contribution in [0.2, 0.25) is 0 Å². The number of nitriles is 2. The summed E-state index contributed by atoms with van der Waals surface area (Å²) in [6.07, 6.45) is 4.47. The van der Waals surface area contributed by atoms with E-state index in [0.29, 0.717) is 26.4 Å². The van der Waals surface area contributed by atoms with Crippen LogP contribution in [0.3, 0.4) is 0 Å². The smallest absolute Gasteiger partial charge is 0.325 e. The summed E-state index contributed by atoms with van der Waals surface area (Å²) in [6, 6.07) is 13.4. The zero-order valence-electron chi connectivity index (χ0n) is 15.3. The van der Waals surface area contributed by atoms with Gasteiger partial charge >= 0.3 is 5.97 Å². The van der Waals surface area contributed by atoms with Gasteiger partial charge in [-0.1, -0.05) is 30.3 Å². The van der Waals surface area contributed by atoms with E-state index in [1.165, 1.54) is 12.2 Å². The number of ether oxygens (including phenoxy) is 3. The van der Waals surface area contributed by atoms with Crippen molar-refractivity contribution in [3.63, 3.8) is 0 Å². The average Bonchev–Trinajstić information content (AvgIpc) is 2.68. The quantitative estimate of drug-likeness (QED) is 0.241. The molecule has 0 spiro atoms. The summed E-state index contributed by atoms with van der Waals surface area (Å²) in [5, 5.41) is 17.2. The van der Waals surface area contributed by atoms with Gasteiger partial charge in [0.1, 0.15) is 30.9 Å². The second-order valence-electron chi connectivity index (χ2n) is 5.43. The molecule has 0 saturated heterocycles. The molecule has 0 saturated carbocycles. The second kappa shape index (κ2) is 14.1. The normalized spacial score (nSPS) is 10.0. The first-order valence-corrected chi connectivity index (χ1v) is 8.39. The lowest BCUT2D eigenvalue weighted by Gasteiger charge is -2.12. The highest BCUT2D eigenvalue weighted by molar-refractivity contribution is 5.71. The molecule has 7 nitrogen and oxygen atoms in total. The van der Waals surface area contributed by atoms with Gasteiger partial charge in [0.15, 0.2) is 0 Å². The van der Waals surface area contributed by atoms with Gasteiger partial charge < -0.3 is 19.1 Å². The van der Waals surface area contributed by atoms with Gasteiger partial charge in [0.05, 0.1) is 26.4 Å². The lowest BCUT2D eigenvalue weighted by atomic mass is 10.2. The number of hydrogen-bond acceptors (Lipinski definition) is 7. The third-order valence-electron chi connectivity index (χ3n) is 3.20. The average molecular weight is 369 g/mol. The van der Waals surface area contributed by atoms with E-state index in [4.69, 9.17) is 24.7 Å². The van der Waals surface area contributed by atoms with E-state index in [2.05, 4.69) is 0 Å². The molecule has 0 aliphatic rings. The maximum atomic E-state index is 11.7. The van der Waals surface area contributed by atoms with Crippen molar-refractivity contribution in [2.45, 2.75) is 6.61 Å². The summed E-state index contributed by atoms with van der Waals surface area (Å²) in [5.74, 6) is -0.393. The lowest BCUT2D eigenvalue weighted by molar-refractivity contribution is -0.145. The maximum absolute atomic E-state index is 11.7. The largest absolute Gasteiger partial charge is 0.462 e. The first-order chi connectivity index (χ1) is 13.2. The minimum Gasteiger partial charge on any atom is -0.462 e. The summed E-state index contributed by atoms with van der Waals surface area (Å²) in [4.78, 5) is 13.2. The van der Waals surface area contributed by atoms with Crippen LogP contribution in [0, 0.1) is 22.7 Å². The molecule has 0 heterocycles. The minimum absolute atomic E-state index is 0.00729. The van der Waals surface area contributed by atoms with Crippen molar-refractivity contribution in [1.29, 1.82) is 10.5 Å². The van der Waals surface area contributed by atoms with Gasteiger partial charge in [-0.3, -0.25) is 4.79 Å². The van der Waals surface area contributed by atoms with Crippen molar-refractivity contribution in [3.8, 4) is 12.1 Å². The lowest BCUT2D eigenvalue weighted by Crippen LogP contribution is -2.24. The van der Waals surface area contributed by atoms with E-state index in [1.54, 1.807) is 30.3 Å². The molecule has 0 N–H and O–H groups in total. The van der Waals surface area contributed by atoms with Gasteiger partial charge in [-0.15, -0.1) is 0 Å². The van der Waals surface area contributed by atoms with Crippen molar-refractivity contribution in [2.75, 3.05) is 40.0 Å². The third kappa shape index (κ3) is 11.2. The van der Waals surface area contributed by atoms with E-state index in [1.807, 2.05) is 30.3 Å². The summed E-state index contributed by atoms with van der Waals surface area (Å²) in [7, 11) is 1.69. The molecule has 7 heteroatoms. The fraction of sp³-hybridized carbons (Fsp3) is 0.350. The van der Waals surface area contributed by atoms with Crippen LogP contribution in [0.5, 0.6) is 0 Å². The standard InChI is InChI=1S/C20H23N3O4/c1-23(9-5-8-19(14-21)15-22)16-20(24)27-13-12-25-10-11-26-17-18-6-3-2-4-7-18/h2-9H,10-13,16-17H2,1H3. The Morgan fingerprint density at radius 3 is 2.44 bits per heavy atom. The molecule has 142 valence electrons. The van der Waals surface area contributed by atoms with Crippen molar-refractivity contribution in [2.24, 2.45) is 0 Å². The molecule has 0 amide bonds. The third-order valence-corrected chi connectivity index (χ3v) is 3.20. The number of allylic oxidation sites excluding steroid dienone is 3. The maximum Gasteiger partial charge on any atom is 0.325 e. The molecule has 0 bridgehead atoms. The molecule has 1 aromatic carbocycles. The van der Waals surface area contributed by atoms with Crippen LogP contribution in [0.1, 0.15) is 5.56 Å². The molecule has 27 heavy (non-hydrogen) atoms. The number of benzene rings is 1. The zero-order chi connectivity index (χ0) is 19.7. The summed E-state index contributed by atoms with van der Waals surface area (Å²) in [5.41, 5.74) is 1.10. The molecule has 0 atom stereocenters. The fourth-order valence-corrected chi connectivity index (χ4v) is 1.89. The van der Waals surface area contributed by atoms with Gasteiger partial charge in [-0.2, -0.15) is 10.5 Å². The number of esters is 1. The highest BCUT2D eigenvalue weighted by Gasteiger charge is 2.04. The Balaban J connectivity index is 2.03. The van der Waals surface area contributed by atoms with Crippen LogP contribution >= 0.6 is 0 Å². The molecule has 0 aromatic heterocycles. The topological polar surface area (TPSA) is 95.6 Å². The van der Waals surface area contributed by atoms with Crippen LogP contribution in [0.25, 0.3) is 0 Å². The molecule has 0 aliphatic heterocycles. The molecular weight excluding hydrogens is 346 g/mol. The highest BCUT2D eigenvalue weighted by Crippen LogP contribution is 2.00. The molecular formula is C20H23N3O4.